The Balaban J connectivity index is 1.52. The number of alkyl halides is 3. The van der Waals surface area contributed by atoms with Crippen LogP contribution >= 0.6 is 11.3 Å². The number of nitrogens with zero attached hydrogens (tertiary/aromatic N) is 4. The van der Waals surface area contributed by atoms with Crippen LogP contribution in [0, 0.1) is 0 Å². The van der Waals surface area contributed by atoms with Crippen molar-refractivity contribution in [2.45, 2.75) is 83.5 Å². The molecular formula is C28H33F3N4O6S. The third-order valence-electron chi connectivity index (χ3n) is 7.05. The van der Waals surface area contributed by atoms with Crippen LogP contribution in [0.2, 0.25) is 0 Å². The van der Waals surface area contributed by atoms with Gasteiger partial charge in [0.1, 0.15) is 16.1 Å². The molecule has 3 aliphatic heterocycles. The molecule has 10 nitrogen and oxygen atoms in total. The molecule has 2 bridgehead atoms. The van der Waals surface area contributed by atoms with Crippen LogP contribution in [0.3, 0.4) is 0 Å². The number of amides is 1. The Hall–Kier alpha value is -3.39. The number of esters is 1. The molecule has 3 aliphatic rings. The summed E-state index contributed by atoms with van der Waals surface area (Å²) in [6, 6.07) is 2.59. The molecule has 3 aromatic rings. The maximum absolute atomic E-state index is 14.5. The number of ether oxygens (including phenoxy) is 3. The molecular weight excluding hydrogens is 577 g/mol. The maximum atomic E-state index is 14.5. The third kappa shape index (κ3) is 5.78. The second-order valence-corrected chi connectivity index (χ2v) is 12.7. The lowest BCUT2D eigenvalue weighted by Crippen LogP contribution is -2.70. The predicted octanol–water partition coefficient (Wildman–Crippen LogP) is 6.11. The van der Waals surface area contributed by atoms with Crippen molar-refractivity contribution >= 4 is 40.5 Å². The first-order chi connectivity index (χ1) is 19.6. The Labute approximate surface area is 244 Å². The van der Waals surface area contributed by atoms with Crippen LogP contribution in [0.1, 0.15) is 59.6 Å². The lowest BCUT2D eigenvalue weighted by molar-refractivity contribution is -0.253. The maximum Gasteiger partial charge on any atom is 0.418 e. The van der Waals surface area contributed by atoms with Gasteiger partial charge in [0, 0.05) is 30.2 Å². The van der Waals surface area contributed by atoms with Crippen LogP contribution in [0.15, 0.2) is 28.1 Å². The smallest absolute Gasteiger partial charge is 0.418 e. The molecule has 6 rings (SSSR count). The number of carbonyl (C=O) groups excluding carboxylic acids is 2. The number of piperidine rings is 1. The van der Waals surface area contributed by atoms with Gasteiger partial charge >= 0.3 is 18.2 Å². The summed E-state index contributed by atoms with van der Waals surface area (Å²) < 4.78 is 65.7. The summed E-state index contributed by atoms with van der Waals surface area (Å²) in [5.41, 5.74) is -2.30. The van der Waals surface area contributed by atoms with E-state index >= 15 is 0 Å². The standard InChI is InChI=1S/C28H33F3N4O6S/c1-7-38-23(36)27(5,6)40-21(28(29,30)31)17-8-9-18(22-32-10-11-42-22)20-19(17)33-24(39-20)34-13-15-12-16(14-34)35(15)25(37)41-26(2,3)4/h8-11,15-16,21H,7,12-14H2,1-6H3. The lowest BCUT2D eigenvalue weighted by Gasteiger charge is -2.55. The second-order valence-electron chi connectivity index (χ2n) is 11.8. The summed E-state index contributed by atoms with van der Waals surface area (Å²) in [4.78, 5) is 37.5. The van der Waals surface area contributed by atoms with Crippen LogP contribution in [0.5, 0.6) is 0 Å². The van der Waals surface area contributed by atoms with Gasteiger partial charge < -0.3 is 23.5 Å². The fourth-order valence-electron chi connectivity index (χ4n) is 5.22. The van der Waals surface area contributed by atoms with Gasteiger partial charge in [0.05, 0.1) is 24.3 Å². The topological polar surface area (TPSA) is 107 Å². The van der Waals surface area contributed by atoms with E-state index in [1.165, 1.54) is 37.3 Å². The van der Waals surface area contributed by atoms with Crippen LogP contribution in [-0.4, -0.2) is 76.1 Å². The molecule has 14 heteroatoms. The van der Waals surface area contributed by atoms with Crippen LogP contribution in [0.25, 0.3) is 21.7 Å². The minimum atomic E-state index is -4.89. The monoisotopic (exact) mass is 610 g/mol. The number of rotatable bonds is 7. The number of carbonyl (C=O) groups is 2. The zero-order valence-electron chi connectivity index (χ0n) is 24.2. The SMILES string of the molecule is CCOC(=O)C(C)(C)OC(c1ccc(-c2nccs2)c2oc(N3CC4CC(C3)N4C(=O)OC(C)(C)C)nc12)C(F)(F)F. The number of halogens is 3. The molecule has 42 heavy (non-hydrogen) atoms. The number of thiazole rings is 1. The summed E-state index contributed by atoms with van der Waals surface area (Å²) in [5, 5.41) is 2.29. The van der Waals surface area contributed by atoms with Crippen LogP contribution in [-0.2, 0) is 19.0 Å². The van der Waals surface area contributed by atoms with Gasteiger partial charge in [0.2, 0.25) is 0 Å². The van der Waals surface area contributed by atoms with Gasteiger partial charge in [0.25, 0.3) is 6.01 Å². The highest BCUT2D eigenvalue weighted by Gasteiger charge is 2.51. The third-order valence-corrected chi connectivity index (χ3v) is 7.86. The summed E-state index contributed by atoms with van der Waals surface area (Å²) in [6.45, 7) is 10.2. The van der Waals surface area contributed by atoms with Crippen LogP contribution in [0.4, 0.5) is 24.0 Å². The largest absolute Gasteiger partial charge is 0.464 e. The zero-order valence-corrected chi connectivity index (χ0v) is 25.0. The van der Waals surface area contributed by atoms with Gasteiger partial charge in [-0.2, -0.15) is 18.2 Å². The minimum absolute atomic E-state index is 0.00904. The molecule has 3 unspecified atom stereocenters. The normalized spacial score (nSPS) is 19.9. The lowest BCUT2D eigenvalue weighted by atomic mass is 9.88. The summed E-state index contributed by atoms with van der Waals surface area (Å²) >= 11 is 1.31. The molecule has 3 saturated heterocycles. The molecule has 5 heterocycles. The van der Waals surface area contributed by atoms with Crippen molar-refractivity contribution in [3.63, 3.8) is 0 Å². The van der Waals surface area contributed by atoms with Crippen molar-refractivity contribution < 1.29 is 41.4 Å². The van der Waals surface area contributed by atoms with Crippen molar-refractivity contribution in [1.82, 2.24) is 14.9 Å². The molecule has 0 spiro atoms. The summed E-state index contributed by atoms with van der Waals surface area (Å²) in [7, 11) is 0. The van der Waals surface area contributed by atoms with E-state index in [0.717, 1.165) is 6.42 Å². The van der Waals surface area contributed by atoms with Gasteiger partial charge in [-0.3, -0.25) is 4.90 Å². The van der Waals surface area contributed by atoms with E-state index < -0.39 is 35.5 Å². The molecule has 3 fully saturated rings. The quantitative estimate of drug-likeness (QED) is 0.293. The first-order valence-corrected chi connectivity index (χ1v) is 14.5. The first kappa shape index (κ1) is 30.1. The highest BCUT2D eigenvalue weighted by atomic mass is 32.1. The Morgan fingerprint density at radius 3 is 2.40 bits per heavy atom. The van der Waals surface area contributed by atoms with E-state index in [4.69, 9.17) is 18.6 Å². The van der Waals surface area contributed by atoms with Crippen molar-refractivity contribution in [3.8, 4) is 10.6 Å². The molecule has 1 aromatic carbocycles. The van der Waals surface area contributed by atoms with E-state index in [1.54, 1.807) is 44.2 Å². The van der Waals surface area contributed by atoms with Crippen LogP contribution < -0.4 is 4.90 Å². The fourth-order valence-corrected chi connectivity index (χ4v) is 5.88. The van der Waals surface area contributed by atoms with Crippen molar-refractivity contribution in [2.75, 3.05) is 24.6 Å². The Morgan fingerprint density at radius 2 is 1.83 bits per heavy atom. The van der Waals surface area contributed by atoms with Gasteiger partial charge in [-0.1, -0.05) is 6.07 Å². The van der Waals surface area contributed by atoms with Gasteiger partial charge in [0.15, 0.2) is 17.3 Å². The summed E-state index contributed by atoms with van der Waals surface area (Å²) in [6.07, 6.45) is -5.43. The van der Waals surface area contributed by atoms with E-state index in [0.29, 0.717) is 23.7 Å². The predicted molar refractivity (Wildman–Crippen MR) is 148 cm³/mol. The summed E-state index contributed by atoms with van der Waals surface area (Å²) in [5.74, 6) is -0.919. The zero-order chi connectivity index (χ0) is 30.6. The fraction of sp³-hybridized carbons (Fsp3) is 0.571. The average Bonchev–Trinajstić information content (AvgIpc) is 3.56. The van der Waals surface area contributed by atoms with Crippen molar-refractivity contribution in [3.05, 3.63) is 29.3 Å². The molecule has 0 saturated carbocycles. The first-order valence-electron chi connectivity index (χ1n) is 13.6. The van der Waals surface area contributed by atoms with E-state index in [1.807, 2.05) is 4.90 Å². The van der Waals surface area contributed by atoms with Gasteiger partial charge in [-0.25, -0.2) is 14.6 Å². The number of benzene rings is 1. The molecule has 2 aromatic heterocycles. The van der Waals surface area contributed by atoms with Gasteiger partial charge in [-0.15, -0.1) is 11.3 Å². The highest BCUT2D eigenvalue weighted by molar-refractivity contribution is 7.13. The van der Waals surface area contributed by atoms with Crippen molar-refractivity contribution in [2.24, 2.45) is 0 Å². The van der Waals surface area contributed by atoms with E-state index in [2.05, 4.69) is 9.97 Å². The molecule has 0 aliphatic carbocycles. The molecule has 228 valence electrons. The Kier molecular flexibility index (Phi) is 7.67. The number of piperazine rings is 1. The molecule has 3 atom stereocenters. The molecule has 0 radical (unpaired) electrons. The number of fused-ring (bicyclic) bond motifs is 3. The van der Waals surface area contributed by atoms with Crippen molar-refractivity contribution in [1.29, 1.82) is 0 Å². The average molecular weight is 611 g/mol. The van der Waals surface area contributed by atoms with E-state index in [-0.39, 0.29) is 41.4 Å². The number of aromatic nitrogens is 2. The minimum Gasteiger partial charge on any atom is -0.464 e. The van der Waals surface area contributed by atoms with E-state index in [9.17, 15) is 22.8 Å². The number of oxazole rings is 1. The number of anilines is 1. The Bertz CT molecular complexity index is 1450. The Morgan fingerprint density at radius 1 is 1.14 bits per heavy atom. The van der Waals surface area contributed by atoms with Gasteiger partial charge in [-0.05, 0) is 54.0 Å². The number of hydrogen-bond donors (Lipinski definition) is 0. The highest BCUT2D eigenvalue weighted by Crippen LogP contribution is 2.45. The number of hydrogen-bond acceptors (Lipinski definition) is 10. The molecule has 0 N–H and O–H groups in total. The second kappa shape index (κ2) is 10.7. The molecule has 1 amide bonds.